The van der Waals surface area contributed by atoms with Crippen LogP contribution in [0.5, 0.6) is 5.75 Å². The van der Waals surface area contributed by atoms with E-state index in [1.807, 2.05) is 13.2 Å². The molecule has 0 spiro atoms. The number of amides is 3. The third-order valence-corrected chi connectivity index (χ3v) is 6.83. The van der Waals surface area contributed by atoms with Gasteiger partial charge in [-0.05, 0) is 77.9 Å². The van der Waals surface area contributed by atoms with E-state index in [0.717, 1.165) is 6.42 Å². The highest BCUT2D eigenvalue weighted by Gasteiger charge is 2.39. The fraction of sp³-hybridized carbons (Fsp3) is 0.667. The van der Waals surface area contributed by atoms with Crippen LogP contribution in [0, 0.1) is 5.92 Å². The minimum Gasteiger partial charge on any atom is -0.508 e. The summed E-state index contributed by atoms with van der Waals surface area (Å²) in [7, 11) is 0. The van der Waals surface area contributed by atoms with Gasteiger partial charge in [-0.25, -0.2) is 4.79 Å². The summed E-state index contributed by atoms with van der Waals surface area (Å²) in [6.07, 6.45) is 2.82. The van der Waals surface area contributed by atoms with Crippen LogP contribution in [0.3, 0.4) is 0 Å². The molecule has 0 aromatic heterocycles. The smallest absolute Gasteiger partial charge is 0.408 e. The second kappa shape index (κ2) is 17.8. The van der Waals surface area contributed by atoms with Gasteiger partial charge in [0.1, 0.15) is 23.4 Å². The van der Waals surface area contributed by atoms with Crippen molar-refractivity contribution in [1.82, 2.24) is 15.5 Å². The monoisotopic (exact) mass is 595 g/mol. The van der Waals surface area contributed by atoms with Crippen LogP contribution in [0.2, 0.25) is 0 Å². The van der Waals surface area contributed by atoms with Gasteiger partial charge in [0, 0.05) is 18.2 Å². The molecule has 1 aromatic rings. The Bertz CT molecular complexity index is 997. The second-order valence-corrected chi connectivity index (χ2v) is 12.3. The summed E-state index contributed by atoms with van der Waals surface area (Å²) in [5, 5.41) is 16.3. The Morgan fingerprint density at radius 2 is 1.71 bits per heavy atom. The number of phenols is 1. The molecule has 10 nitrogen and oxygen atoms in total. The van der Waals surface area contributed by atoms with Crippen molar-refractivity contribution in [3.8, 4) is 5.75 Å². The van der Waals surface area contributed by atoms with E-state index in [4.69, 9.17) is 9.47 Å². The van der Waals surface area contributed by atoms with Crippen molar-refractivity contribution in [2.24, 2.45) is 5.92 Å². The first-order valence-corrected chi connectivity index (χ1v) is 15.6. The molecular formula is C30H49N3O7S. The summed E-state index contributed by atoms with van der Waals surface area (Å²) in [4.78, 5) is 54.2. The van der Waals surface area contributed by atoms with Gasteiger partial charge in [0.2, 0.25) is 11.8 Å². The zero-order valence-electron chi connectivity index (χ0n) is 25.8. The Kier molecular flexibility index (Phi) is 15.6. The largest absolute Gasteiger partial charge is 0.508 e. The summed E-state index contributed by atoms with van der Waals surface area (Å²) in [6, 6.07) is 3.75. The van der Waals surface area contributed by atoms with E-state index in [9.17, 15) is 24.3 Å². The Morgan fingerprint density at radius 3 is 2.27 bits per heavy atom. The number of hydrogen-bond donors (Lipinski definition) is 3. The van der Waals surface area contributed by atoms with E-state index in [0.29, 0.717) is 24.5 Å². The number of alkyl carbamates (subject to hydrolysis) is 1. The molecule has 41 heavy (non-hydrogen) atoms. The molecule has 11 heteroatoms. The van der Waals surface area contributed by atoms with Gasteiger partial charge in [0.15, 0.2) is 0 Å². The second-order valence-electron chi connectivity index (χ2n) is 11.4. The van der Waals surface area contributed by atoms with Gasteiger partial charge < -0.3 is 30.1 Å². The number of rotatable bonds is 16. The van der Waals surface area contributed by atoms with Crippen molar-refractivity contribution in [1.29, 1.82) is 0 Å². The Morgan fingerprint density at radius 1 is 1.05 bits per heavy atom. The molecule has 0 heterocycles. The molecule has 232 valence electrons. The van der Waals surface area contributed by atoms with Crippen LogP contribution in [-0.4, -0.2) is 76.7 Å². The van der Waals surface area contributed by atoms with Gasteiger partial charge in [-0.2, -0.15) is 11.8 Å². The van der Waals surface area contributed by atoms with Crippen LogP contribution < -0.4 is 10.6 Å². The SMILES string of the molecule is CCOC(=O)CCNC(=O)C(c1ccccc1O)N(C(=O)C(CCSC)NC(=O)OC(C)(C)C)C(C)CCC(C)C. The highest BCUT2D eigenvalue weighted by atomic mass is 32.2. The standard InChI is InChI=1S/C30H49N3O7S/c1-9-39-25(35)16-18-31-27(36)26(22-12-10-11-13-24(22)34)33(21(4)15-14-20(2)3)28(37)23(17-19-41-8)32-29(38)40-30(5,6)7/h10-13,20-21,23,26,34H,9,14-19H2,1-8H3,(H,31,36)(H,32,38). The number of thioether (sulfide) groups is 1. The first kappa shape index (κ1) is 36.1. The normalized spacial score (nSPS) is 13.6. The number of benzene rings is 1. The Labute approximate surface area is 249 Å². The zero-order chi connectivity index (χ0) is 31.2. The van der Waals surface area contributed by atoms with E-state index in [1.165, 1.54) is 22.7 Å². The summed E-state index contributed by atoms with van der Waals surface area (Å²) in [6.45, 7) is 13.1. The van der Waals surface area contributed by atoms with Gasteiger partial charge in [-0.1, -0.05) is 32.0 Å². The molecule has 0 fully saturated rings. The maximum atomic E-state index is 14.3. The number of nitrogens with zero attached hydrogens (tertiary/aromatic N) is 1. The lowest BCUT2D eigenvalue weighted by Crippen LogP contribution is -2.55. The quantitative estimate of drug-likeness (QED) is 0.232. The summed E-state index contributed by atoms with van der Waals surface area (Å²) >= 11 is 1.53. The maximum absolute atomic E-state index is 14.3. The molecule has 1 rings (SSSR count). The van der Waals surface area contributed by atoms with E-state index < -0.39 is 47.6 Å². The molecule has 3 amide bonds. The fourth-order valence-electron chi connectivity index (χ4n) is 4.19. The van der Waals surface area contributed by atoms with Gasteiger partial charge in [0.25, 0.3) is 0 Å². The molecule has 0 aliphatic rings. The number of aromatic hydroxyl groups is 1. The summed E-state index contributed by atoms with van der Waals surface area (Å²) in [5.41, 5.74) is -0.523. The fourth-order valence-corrected chi connectivity index (χ4v) is 4.66. The minimum absolute atomic E-state index is 0.00374. The molecule has 3 atom stereocenters. The highest BCUT2D eigenvalue weighted by molar-refractivity contribution is 7.98. The number of para-hydroxylation sites is 1. The number of carbonyl (C=O) groups is 4. The zero-order valence-corrected chi connectivity index (χ0v) is 26.6. The van der Waals surface area contributed by atoms with Gasteiger partial charge >= 0.3 is 12.1 Å². The van der Waals surface area contributed by atoms with Crippen LogP contribution in [0.25, 0.3) is 0 Å². The topological polar surface area (TPSA) is 134 Å². The predicted molar refractivity (Wildman–Crippen MR) is 162 cm³/mol. The van der Waals surface area contributed by atoms with Crippen LogP contribution in [-0.2, 0) is 23.9 Å². The Hall–Kier alpha value is -2.95. The first-order valence-electron chi connectivity index (χ1n) is 14.2. The third-order valence-electron chi connectivity index (χ3n) is 6.18. The average molecular weight is 596 g/mol. The summed E-state index contributed by atoms with van der Waals surface area (Å²) < 4.78 is 10.4. The molecule has 0 radical (unpaired) electrons. The minimum atomic E-state index is -1.22. The average Bonchev–Trinajstić information content (AvgIpc) is 2.87. The number of nitrogens with one attached hydrogen (secondary N) is 2. The number of ether oxygens (including phenoxy) is 2. The van der Waals surface area contributed by atoms with E-state index in [-0.39, 0.29) is 30.9 Å². The molecule has 0 saturated carbocycles. The lowest BCUT2D eigenvalue weighted by molar-refractivity contribution is -0.146. The lowest BCUT2D eigenvalue weighted by Gasteiger charge is -2.39. The van der Waals surface area contributed by atoms with Gasteiger partial charge in [-0.3, -0.25) is 14.4 Å². The van der Waals surface area contributed by atoms with Crippen LogP contribution >= 0.6 is 11.8 Å². The molecule has 0 bridgehead atoms. The molecule has 0 saturated heterocycles. The molecule has 0 aliphatic carbocycles. The maximum Gasteiger partial charge on any atom is 0.408 e. The van der Waals surface area contributed by atoms with E-state index in [2.05, 4.69) is 24.5 Å². The molecule has 1 aromatic carbocycles. The number of carbonyl (C=O) groups excluding carboxylic acids is 4. The van der Waals surface area contributed by atoms with Crippen molar-refractivity contribution >= 4 is 35.6 Å². The molecular weight excluding hydrogens is 546 g/mol. The van der Waals surface area contributed by atoms with E-state index in [1.54, 1.807) is 45.9 Å². The van der Waals surface area contributed by atoms with Crippen LogP contribution in [0.1, 0.15) is 85.8 Å². The number of esters is 1. The van der Waals surface area contributed by atoms with Crippen molar-refractivity contribution in [2.45, 2.75) is 97.9 Å². The number of hydrogen-bond acceptors (Lipinski definition) is 8. The van der Waals surface area contributed by atoms with Crippen molar-refractivity contribution in [3.63, 3.8) is 0 Å². The highest BCUT2D eigenvalue weighted by Crippen LogP contribution is 2.32. The number of phenolic OH excluding ortho intramolecular Hbond substituents is 1. The lowest BCUT2D eigenvalue weighted by atomic mass is 9.96. The van der Waals surface area contributed by atoms with Gasteiger partial charge in [0.05, 0.1) is 13.0 Å². The van der Waals surface area contributed by atoms with Crippen LogP contribution in [0.4, 0.5) is 4.79 Å². The van der Waals surface area contributed by atoms with Gasteiger partial charge in [-0.15, -0.1) is 0 Å². The first-order chi connectivity index (χ1) is 19.2. The summed E-state index contributed by atoms with van der Waals surface area (Å²) in [5.74, 6) is -0.690. The van der Waals surface area contributed by atoms with Crippen molar-refractivity contribution in [2.75, 3.05) is 25.2 Å². The molecule has 0 aliphatic heterocycles. The molecule has 3 N–H and O–H groups in total. The van der Waals surface area contributed by atoms with E-state index >= 15 is 0 Å². The van der Waals surface area contributed by atoms with Crippen molar-refractivity contribution in [3.05, 3.63) is 29.8 Å². The van der Waals surface area contributed by atoms with Crippen molar-refractivity contribution < 1.29 is 33.8 Å². The third kappa shape index (κ3) is 13.1. The molecule has 3 unspecified atom stereocenters. The van der Waals surface area contributed by atoms with Crippen LogP contribution in [0.15, 0.2) is 24.3 Å². The Balaban J connectivity index is 3.56. The predicted octanol–water partition coefficient (Wildman–Crippen LogP) is 4.80.